The first-order valence-electron chi connectivity index (χ1n) is 4.50. The van der Waals surface area contributed by atoms with Crippen molar-refractivity contribution < 1.29 is 16.8 Å². The van der Waals surface area contributed by atoms with E-state index in [2.05, 4.69) is 15.9 Å². The van der Waals surface area contributed by atoms with Crippen LogP contribution < -0.4 is 4.13 Å². The molecule has 0 unspecified atom stereocenters. The average Bonchev–Trinajstić information content (AvgIpc) is 2.86. The van der Waals surface area contributed by atoms with Gasteiger partial charge in [-0.05, 0) is 40.2 Å². The monoisotopic (exact) mass is 421 g/mol. The van der Waals surface area contributed by atoms with Crippen LogP contribution in [0.2, 0.25) is 4.34 Å². The standard InChI is InChI=1S/C8H5BrClNO4S4/c9-5-1-3-7(16-5)18(12,13)11-19(14,15)8-4-2-6(10)17-8/h1-4,11H. The molecule has 0 atom stereocenters. The average molecular weight is 423 g/mol. The van der Waals surface area contributed by atoms with Gasteiger partial charge in [0.15, 0.2) is 0 Å². The molecule has 2 aromatic rings. The van der Waals surface area contributed by atoms with Gasteiger partial charge in [0, 0.05) is 0 Å². The minimum atomic E-state index is -4.15. The van der Waals surface area contributed by atoms with Crippen LogP contribution in [-0.2, 0) is 20.0 Å². The van der Waals surface area contributed by atoms with Crippen LogP contribution in [0.5, 0.6) is 0 Å². The predicted octanol–water partition coefficient (Wildman–Crippen LogP) is 2.89. The fourth-order valence-corrected chi connectivity index (χ4v) is 7.80. The quantitative estimate of drug-likeness (QED) is 0.821. The Morgan fingerprint density at radius 3 is 1.89 bits per heavy atom. The van der Waals surface area contributed by atoms with Crippen molar-refractivity contribution >= 4 is 70.3 Å². The summed E-state index contributed by atoms with van der Waals surface area (Å²) in [7, 11) is -8.27. The van der Waals surface area contributed by atoms with E-state index in [0.29, 0.717) is 3.79 Å². The van der Waals surface area contributed by atoms with Gasteiger partial charge in [0.05, 0.1) is 8.12 Å². The molecule has 0 aromatic carbocycles. The van der Waals surface area contributed by atoms with E-state index in [-0.39, 0.29) is 12.8 Å². The molecule has 0 amide bonds. The van der Waals surface area contributed by atoms with Gasteiger partial charge in [0.1, 0.15) is 8.42 Å². The van der Waals surface area contributed by atoms with Crippen LogP contribution in [0, 0.1) is 0 Å². The van der Waals surface area contributed by atoms with Crippen LogP contribution in [0.25, 0.3) is 0 Å². The summed E-state index contributed by atoms with van der Waals surface area (Å²) in [4.78, 5) is 0. The highest BCUT2D eigenvalue weighted by molar-refractivity contribution is 9.11. The lowest BCUT2D eigenvalue weighted by atomic mass is 10.7. The Morgan fingerprint density at radius 1 is 0.947 bits per heavy atom. The van der Waals surface area contributed by atoms with Crippen molar-refractivity contribution in [1.82, 2.24) is 4.13 Å². The van der Waals surface area contributed by atoms with Crippen molar-refractivity contribution in [3.05, 3.63) is 32.4 Å². The Hall–Kier alpha value is 0.0300. The molecule has 0 aliphatic heterocycles. The highest BCUT2D eigenvalue weighted by Gasteiger charge is 2.26. The molecule has 0 radical (unpaired) electrons. The molecule has 0 saturated heterocycles. The van der Waals surface area contributed by atoms with E-state index in [4.69, 9.17) is 11.6 Å². The lowest BCUT2D eigenvalue weighted by Gasteiger charge is -2.03. The smallest absolute Gasteiger partial charge is 0.205 e. The summed E-state index contributed by atoms with van der Waals surface area (Å²) in [5.74, 6) is 0. The van der Waals surface area contributed by atoms with Gasteiger partial charge in [-0.2, -0.15) is 0 Å². The van der Waals surface area contributed by atoms with Gasteiger partial charge in [-0.1, -0.05) is 15.7 Å². The number of nitrogens with one attached hydrogen (secondary N) is 1. The largest absolute Gasteiger partial charge is 0.263 e. The molecule has 2 rings (SSSR count). The molecule has 0 fully saturated rings. The molecule has 0 bridgehead atoms. The second kappa shape index (κ2) is 5.43. The van der Waals surface area contributed by atoms with Gasteiger partial charge < -0.3 is 0 Å². The number of halogens is 2. The highest BCUT2D eigenvalue weighted by Crippen LogP contribution is 2.29. The van der Waals surface area contributed by atoms with E-state index in [1.54, 1.807) is 4.13 Å². The number of thiophene rings is 2. The maximum Gasteiger partial charge on any atom is 0.263 e. The van der Waals surface area contributed by atoms with Gasteiger partial charge in [0.2, 0.25) is 0 Å². The van der Waals surface area contributed by atoms with Crippen molar-refractivity contribution in [2.45, 2.75) is 8.42 Å². The minimum Gasteiger partial charge on any atom is -0.205 e. The lowest BCUT2D eigenvalue weighted by molar-refractivity contribution is 0.579. The molecule has 1 N–H and O–H groups in total. The molecular formula is C8H5BrClNO4S4. The van der Waals surface area contributed by atoms with Crippen molar-refractivity contribution in [3.63, 3.8) is 0 Å². The zero-order chi connectivity index (χ0) is 14.3. The first-order chi connectivity index (χ1) is 8.71. The normalized spacial score (nSPS) is 12.7. The first-order valence-corrected chi connectivity index (χ1v) is 10.3. The van der Waals surface area contributed by atoms with Gasteiger partial charge in [-0.15, -0.1) is 22.7 Å². The summed E-state index contributed by atoms with van der Waals surface area (Å²) in [5.41, 5.74) is 0. The lowest BCUT2D eigenvalue weighted by Crippen LogP contribution is -2.29. The van der Waals surface area contributed by atoms with E-state index >= 15 is 0 Å². The molecule has 0 saturated carbocycles. The van der Waals surface area contributed by atoms with Gasteiger partial charge in [0.25, 0.3) is 20.0 Å². The van der Waals surface area contributed by atoms with E-state index < -0.39 is 20.0 Å². The maximum atomic E-state index is 11.9. The van der Waals surface area contributed by atoms with Crippen molar-refractivity contribution in [2.75, 3.05) is 0 Å². The molecule has 5 nitrogen and oxygen atoms in total. The Bertz CT molecular complexity index is 739. The summed E-state index contributed by atoms with van der Waals surface area (Å²) in [6.07, 6.45) is 0. The highest BCUT2D eigenvalue weighted by atomic mass is 79.9. The van der Waals surface area contributed by atoms with Crippen LogP contribution >= 0.6 is 50.2 Å². The Balaban J connectivity index is 2.35. The second-order valence-electron chi connectivity index (χ2n) is 3.21. The summed E-state index contributed by atoms with van der Waals surface area (Å²) in [5, 5.41) is 0. The SMILES string of the molecule is O=S(=O)(NS(=O)(=O)c1ccc(Br)s1)c1ccc(Cl)s1. The fraction of sp³-hybridized carbons (Fsp3) is 0. The van der Waals surface area contributed by atoms with Crippen LogP contribution in [0.3, 0.4) is 0 Å². The molecule has 0 aliphatic carbocycles. The van der Waals surface area contributed by atoms with Crippen LogP contribution in [0.1, 0.15) is 0 Å². The summed E-state index contributed by atoms with van der Waals surface area (Å²) in [6.45, 7) is 0. The molecule has 19 heavy (non-hydrogen) atoms. The summed E-state index contributed by atoms with van der Waals surface area (Å²) < 4.78 is 49.9. The van der Waals surface area contributed by atoms with E-state index in [0.717, 1.165) is 22.7 Å². The van der Waals surface area contributed by atoms with Crippen LogP contribution in [-0.4, -0.2) is 16.8 Å². The van der Waals surface area contributed by atoms with Crippen molar-refractivity contribution in [1.29, 1.82) is 0 Å². The molecule has 0 aliphatic rings. The minimum absolute atomic E-state index is 0.0920. The fourth-order valence-electron chi connectivity index (χ4n) is 1.11. The van der Waals surface area contributed by atoms with Crippen LogP contribution in [0.4, 0.5) is 0 Å². The van der Waals surface area contributed by atoms with Gasteiger partial charge in [-0.25, -0.2) is 16.8 Å². The summed E-state index contributed by atoms with van der Waals surface area (Å²) in [6, 6.07) is 5.46. The van der Waals surface area contributed by atoms with E-state index in [1.807, 2.05) is 0 Å². The zero-order valence-corrected chi connectivity index (χ0v) is 14.4. The molecule has 2 heterocycles. The van der Waals surface area contributed by atoms with Gasteiger partial charge >= 0.3 is 0 Å². The first kappa shape index (κ1) is 15.4. The Morgan fingerprint density at radius 2 is 1.47 bits per heavy atom. The molecule has 11 heteroatoms. The summed E-state index contributed by atoms with van der Waals surface area (Å²) >= 11 is 10.4. The topological polar surface area (TPSA) is 80.3 Å². The molecule has 0 spiro atoms. The van der Waals surface area contributed by atoms with Crippen LogP contribution in [0.15, 0.2) is 36.5 Å². The predicted molar refractivity (Wildman–Crippen MR) is 78.9 cm³/mol. The van der Waals surface area contributed by atoms with Crippen molar-refractivity contribution in [3.8, 4) is 0 Å². The number of hydrogen-bond donors (Lipinski definition) is 1. The zero-order valence-electron chi connectivity index (χ0n) is 8.83. The maximum absolute atomic E-state index is 11.9. The van der Waals surface area contributed by atoms with E-state index in [9.17, 15) is 16.8 Å². The van der Waals surface area contributed by atoms with E-state index in [1.165, 1.54) is 24.3 Å². The Labute approximate surface area is 131 Å². The molecule has 104 valence electrons. The molecular weight excluding hydrogens is 418 g/mol. The third-order valence-corrected chi connectivity index (χ3v) is 9.19. The number of hydrogen-bond acceptors (Lipinski definition) is 6. The third kappa shape index (κ3) is 3.57. The Kier molecular flexibility index (Phi) is 4.41. The number of sulfonamides is 2. The second-order valence-corrected chi connectivity index (χ2v) is 11.5. The van der Waals surface area contributed by atoms with Crippen molar-refractivity contribution in [2.24, 2.45) is 0 Å². The van der Waals surface area contributed by atoms with Gasteiger partial charge in [-0.3, -0.25) is 0 Å². The molecule has 2 aromatic heterocycles. The third-order valence-electron chi connectivity index (χ3n) is 1.85. The number of rotatable bonds is 4.